The first-order valence-electron chi connectivity index (χ1n) is 9.47. The summed E-state index contributed by atoms with van der Waals surface area (Å²) >= 11 is 3.37. The summed E-state index contributed by atoms with van der Waals surface area (Å²) in [7, 11) is 0.764. The molecule has 0 aliphatic carbocycles. The third-order valence-electron chi connectivity index (χ3n) is 4.78. The van der Waals surface area contributed by atoms with Crippen molar-refractivity contribution in [1.82, 2.24) is 4.31 Å². The van der Waals surface area contributed by atoms with Crippen molar-refractivity contribution < 1.29 is 22.6 Å². The largest absolute Gasteiger partial charge is 0.497 e. The van der Waals surface area contributed by atoms with Gasteiger partial charge in [0.1, 0.15) is 22.1 Å². The van der Waals surface area contributed by atoms with Gasteiger partial charge in [0, 0.05) is 17.6 Å². The number of nitrogens with zero attached hydrogens (tertiary/aromatic N) is 1. The van der Waals surface area contributed by atoms with Gasteiger partial charge in [-0.25, -0.2) is 8.42 Å². The van der Waals surface area contributed by atoms with Gasteiger partial charge in [-0.3, -0.25) is 0 Å². The molecule has 0 N–H and O–H groups in total. The van der Waals surface area contributed by atoms with Crippen LogP contribution < -0.4 is 14.2 Å². The SMILES string of the molecule is COc1ccc(CN(Cc2ccc(OC)cc2)S(=O)(=O)c2cc(Br)ccc2OC)cc1. The van der Waals surface area contributed by atoms with Crippen molar-refractivity contribution in [2.75, 3.05) is 21.3 Å². The van der Waals surface area contributed by atoms with Crippen LogP contribution in [0.25, 0.3) is 0 Å². The second kappa shape index (κ2) is 10.2. The van der Waals surface area contributed by atoms with Gasteiger partial charge in [0.05, 0.1) is 21.3 Å². The quantitative estimate of drug-likeness (QED) is 0.415. The molecule has 8 heteroatoms. The van der Waals surface area contributed by atoms with Gasteiger partial charge in [-0.2, -0.15) is 4.31 Å². The van der Waals surface area contributed by atoms with E-state index in [1.807, 2.05) is 48.5 Å². The van der Waals surface area contributed by atoms with Gasteiger partial charge in [-0.05, 0) is 53.6 Å². The number of benzene rings is 3. The van der Waals surface area contributed by atoms with Crippen molar-refractivity contribution in [3.8, 4) is 17.2 Å². The molecular formula is C23H24BrNO5S. The molecule has 0 saturated carbocycles. The van der Waals surface area contributed by atoms with Gasteiger partial charge in [0.25, 0.3) is 0 Å². The summed E-state index contributed by atoms with van der Waals surface area (Å²) in [6.45, 7) is 0.377. The molecule has 0 aliphatic rings. The van der Waals surface area contributed by atoms with Crippen molar-refractivity contribution in [3.05, 3.63) is 82.3 Å². The van der Waals surface area contributed by atoms with E-state index in [2.05, 4.69) is 15.9 Å². The van der Waals surface area contributed by atoms with Crippen LogP contribution in [0.1, 0.15) is 11.1 Å². The number of ether oxygens (including phenoxy) is 3. The number of hydrogen-bond donors (Lipinski definition) is 0. The molecule has 31 heavy (non-hydrogen) atoms. The summed E-state index contributed by atoms with van der Waals surface area (Å²) in [5, 5.41) is 0. The molecule has 0 saturated heterocycles. The van der Waals surface area contributed by atoms with Crippen LogP contribution in [-0.2, 0) is 23.1 Å². The average Bonchev–Trinajstić information content (AvgIpc) is 2.79. The van der Waals surface area contributed by atoms with Crippen LogP contribution in [0.5, 0.6) is 17.2 Å². The predicted molar refractivity (Wildman–Crippen MR) is 123 cm³/mol. The molecule has 0 spiro atoms. The Morgan fingerprint density at radius 1 is 0.742 bits per heavy atom. The smallest absolute Gasteiger partial charge is 0.247 e. The van der Waals surface area contributed by atoms with E-state index in [0.717, 1.165) is 11.1 Å². The third-order valence-corrected chi connectivity index (χ3v) is 7.09. The summed E-state index contributed by atoms with van der Waals surface area (Å²) in [5.41, 5.74) is 1.68. The van der Waals surface area contributed by atoms with Crippen LogP contribution in [0, 0.1) is 0 Å². The highest BCUT2D eigenvalue weighted by molar-refractivity contribution is 9.10. The van der Waals surface area contributed by atoms with Crippen LogP contribution in [0.15, 0.2) is 76.1 Å². The fraction of sp³-hybridized carbons (Fsp3) is 0.217. The number of hydrogen-bond acceptors (Lipinski definition) is 5. The van der Waals surface area contributed by atoms with Crippen LogP contribution in [0.3, 0.4) is 0 Å². The van der Waals surface area contributed by atoms with Gasteiger partial charge in [-0.15, -0.1) is 0 Å². The lowest BCUT2D eigenvalue weighted by Gasteiger charge is -2.24. The molecule has 0 amide bonds. The highest BCUT2D eigenvalue weighted by atomic mass is 79.9. The summed E-state index contributed by atoms with van der Waals surface area (Å²) in [6.07, 6.45) is 0. The summed E-state index contributed by atoms with van der Waals surface area (Å²) in [4.78, 5) is 0.103. The molecular weight excluding hydrogens is 482 g/mol. The van der Waals surface area contributed by atoms with Gasteiger partial charge in [-0.1, -0.05) is 40.2 Å². The Hall–Kier alpha value is -2.55. The zero-order chi connectivity index (χ0) is 22.4. The summed E-state index contributed by atoms with van der Waals surface area (Å²) in [6, 6.07) is 19.6. The standard InChI is InChI=1S/C23H24BrNO5S/c1-28-20-9-4-17(5-10-20)15-25(16-18-6-11-21(29-2)12-7-18)31(26,27)23-14-19(24)8-13-22(23)30-3/h4-14H,15-16H2,1-3H3. The van der Waals surface area contributed by atoms with E-state index in [9.17, 15) is 8.42 Å². The first kappa shape index (κ1) is 23.1. The Morgan fingerprint density at radius 3 is 1.65 bits per heavy atom. The van der Waals surface area contributed by atoms with E-state index in [-0.39, 0.29) is 23.7 Å². The molecule has 3 rings (SSSR count). The maximum absolute atomic E-state index is 13.7. The molecule has 3 aromatic rings. The van der Waals surface area contributed by atoms with Crippen molar-refractivity contribution in [1.29, 1.82) is 0 Å². The van der Waals surface area contributed by atoms with E-state index in [1.54, 1.807) is 32.4 Å². The van der Waals surface area contributed by atoms with Crippen LogP contribution >= 0.6 is 15.9 Å². The number of sulfonamides is 1. The Bertz CT molecular complexity index is 1070. The minimum absolute atomic E-state index is 0.103. The van der Waals surface area contributed by atoms with Crippen molar-refractivity contribution in [2.45, 2.75) is 18.0 Å². The zero-order valence-corrected chi connectivity index (χ0v) is 19.9. The molecule has 0 radical (unpaired) electrons. The fourth-order valence-electron chi connectivity index (χ4n) is 3.09. The average molecular weight is 506 g/mol. The van der Waals surface area contributed by atoms with Crippen LogP contribution in [0.4, 0.5) is 0 Å². The molecule has 0 aliphatic heterocycles. The summed E-state index contributed by atoms with van der Waals surface area (Å²) in [5.74, 6) is 1.71. The number of rotatable bonds is 9. The minimum atomic E-state index is -3.88. The Morgan fingerprint density at radius 2 is 1.23 bits per heavy atom. The number of methoxy groups -OCH3 is 3. The van der Waals surface area contributed by atoms with Crippen molar-refractivity contribution in [3.63, 3.8) is 0 Å². The molecule has 0 bridgehead atoms. The van der Waals surface area contributed by atoms with Gasteiger partial charge in [0.15, 0.2) is 0 Å². The molecule has 164 valence electrons. The Kier molecular flexibility index (Phi) is 7.59. The topological polar surface area (TPSA) is 65.1 Å². The lowest BCUT2D eigenvalue weighted by Crippen LogP contribution is -2.30. The molecule has 0 heterocycles. The second-order valence-corrected chi connectivity index (χ2v) is 9.59. The van der Waals surface area contributed by atoms with Crippen LogP contribution in [0.2, 0.25) is 0 Å². The molecule has 0 unspecified atom stereocenters. The Labute approximate surface area is 191 Å². The molecule has 0 atom stereocenters. The lowest BCUT2D eigenvalue weighted by molar-refractivity contribution is 0.382. The second-order valence-electron chi connectivity index (χ2n) is 6.76. The van der Waals surface area contributed by atoms with E-state index in [0.29, 0.717) is 16.0 Å². The zero-order valence-electron chi connectivity index (χ0n) is 17.5. The van der Waals surface area contributed by atoms with Crippen LogP contribution in [-0.4, -0.2) is 34.1 Å². The van der Waals surface area contributed by atoms with Crippen molar-refractivity contribution in [2.24, 2.45) is 0 Å². The van der Waals surface area contributed by atoms with Gasteiger partial charge in [0.2, 0.25) is 10.0 Å². The van der Waals surface area contributed by atoms with E-state index in [1.165, 1.54) is 11.4 Å². The predicted octanol–water partition coefficient (Wildman–Crippen LogP) is 4.87. The maximum atomic E-state index is 13.7. The van der Waals surface area contributed by atoms with Gasteiger partial charge >= 0.3 is 0 Å². The maximum Gasteiger partial charge on any atom is 0.247 e. The first-order valence-corrected chi connectivity index (χ1v) is 11.7. The molecule has 3 aromatic carbocycles. The van der Waals surface area contributed by atoms with E-state index >= 15 is 0 Å². The van der Waals surface area contributed by atoms with E-state index in [4.69, 9.17) is 14.2 Å². The van der Waals surface area contributed by atoms with E-state index < -0.39 is 10.0 Å². The minimum Gasteiger partial charge on any atom is -0.497 e. The normalized spacial score (nSPS) is 11.4. The molecule has 0 fully saturated rings. The number of halogens is 1. The van der Waals surface area contributed by atoms with Crippen molar-refractivity contribution >= 4 is 26.0 Å². The highest BCUT2D eigenvalue weighted by Gasteiger charge is 2.28. The van der Waals surface area contributed by atoms with Gasteiger partial charge < -0.3 is 14.2 Å². The third kappa shape index (κ3) is 5.58. The first-order chi connectivity index (χ1) is 14.9. The monoisotopic (exact) mass is 505 g/mol. The fourth-order valence-corrected chi connectivity index (χ4v) is 5.20. The Balaban J connectivity index is 2.01. The lowest BCUT2D eigenvalue weighted by atomic mass is 10.2. The highest BCUT2D eigenvalue weighted by Crippen LogP contribution is 2.31. The molecule has 0 aromatic heterocycles. The summed E-state index contributed by atoms with van der Waals surface area (Å²) < 4.78 is 45.2. The molecule has 6 nitrogen and oxygen atoms in total.